The van der Waals surface area contributed by atoms with Crippen LogP contribution in [0.15, 0.2) is 108 Å². The summed E-state index contributed by atoms with van der Waals surface area (Å²) in [5.74, 6) is -1.02. The summed E-state index contributed by atoms with van der Waals surface area (Å²) in [6.45, 7) is 2.93. The molecule has 0 bridgehead atoms. The lowest BCUT2D eigenvalue weighted by Gasteiger charge is -2.34. The molecule has 45 heavy (non-hydrogen) atoms. The second-order valence-electron chi connectivity index (χ2n) is 10.7. The normalized spacial score (nSPS) is 12.0. The number of ether oxygens (including phenoxy) is 1. The summed E-state index contributed by atoms with van der Waals surface area (Å²) >= 11 is 6.11. The third kappa shape index (κ3) is 8.83. The first-order valence-electron chi connectivity index (χ1n) is 14.3. The smallest absolute Gasteiger partial charge is 0.264 e. The van der Waals surface area contributed by atoms with Gasteiger partial charge < -0.3 is 15.0 Å². The van der Waals surface area contributed by atoms with Crippen LogP contribution in [0, 0.1) is 5.82 Å². The summed E-state index contributed by atoms with van der Waals surface area (Å²) in [5.41, 5.74) is 1.58. The van der Waals surface area contributed by atoms with Crippen LogP contribution in [0.5, 0.6) is 5.75 Å². The van der Waals surface area contributed by atoms with Gasteiger partial charge in [0.1, 0.15) is 24.2 Å². The number of hydrogen-bond donors (Lipinski definition) is 1. The van der Waals surface area contributed by atoms with Gasteiger partial charge in [-0.1, -0.05) is 54.1 Å². The molecule has 4 aromatic rings. The van der Waals surface area contributed by atoms with Crippen LogP contribution in [0.3, 0.4) is 0 Å². The number of anilines is 1. The van der Waals surface area contributed by atoms with E-state index in [-0.39, 0.29) is 29.6 Å². The van der Waals surface area contributed by atoms with Crippen molar-refractivity contribution in [2.75, 3.05) is 18.0 Å². The van der Waals surface area contributed by atoms with Crippen molar-refractivity contribution in [3.05, 3.63) is 125 Å². The lowest BCUT2D eigenvalue weighted by atomic mass is 10.0. The number of sulfonamides is 1. The maximum atomic E-state index is 14.4. The molecule has 0 radical (unpaired) electrons. The molecular formula is C34H35ClFN3O5S. The average Bonchev–Trinajstić information content (AvgIpc) is 3.03. The van der Waals surface area contributed by atoms with Crippen LogP contribution >= 0.6 is 11.6 Å². The molecule has 0 aliphatic rings. The topological polar surface area (TPSA) is 96.0 Å². The Labute approximate surface area is 268 Å². The van der Waals surface area contributed by atoms with Gasteiger partial charge in [-0.05, 0) is 85.6 Å². The second-order valence-corrected chi connectivity index (χ2v) is 13.0. The maximum absolute atomic E-state index is 14.4. The van der Waals surface area contributed by atoms with E-state index in [0.29, 0.717) is 16.3 Å². The van der Waals surface area contributed by atoms with Crippen molar-refractivity contribution in [2.45, 2.75) is 43.8 Å². The Morgan fingerprint density at radius 1 is 0.867 bits per heavy atom. The van der Waals surface area contributed by atoms with Crippen LogP contribution in [0.2, 0.25) is 5.02 Å². The SMILES string of the molecule is COc1ccc(S(=O)(=O)N(CC(=O)N(Cc2ccc(F)cc2)C(Cc2ccccc2)C(=O)NC(C)C)c2ccc(Cl)cc2)cc1. The minimum atomic E-state index is -4.29. The average molecular weight is 652 g/mol. The molecule has 0 saturated carbocycles. The molecule has 0 aliphatic heterocycles. The zero-order valence-electron chi connectivity index (χ0n) is 25.2. The molecule has 236 valence electrons. The lowest BCUT2D eigenvalue weighted by molar-refractivity contribution is -0.140. The quantitative estimate of drug-likeness (QED) is 0.196. The van der Waals surface area contributed by atoms with E-state index >= 15 is 0 Å². The number of rotatable bonds is 13. The number of methoxy groups -OCH3 is 1. The zero-order chi connectivity index (χ0) is 32.6. The molecule has 0 fully saturated rings. The Morgan fingerprint density at radius 3 is 2.07 bits per heavy atom. The van der Waals surface area contributed by atoms with Crippen molar-refractivity contribution >= 4 is 39.1 Å². The van der Waals surface area contributed by atoms with Crippen LogP contribution in [-0.2, 0) is 32.6 Å². The zero-order valence-corrected chi connectivity index (χ0v) is 26.8. The third-order valence-electron chi connectivity index (χ3n) is 7.01. The van der Waals surface area contributed by atoms with Gasteiger partial charge >= 0.3 is 0 Å². The molecule has 0 heterocycles. The van der Waals surface area contributed by atoms with Gasteiger partial charge in [0.2, 0.25) is 11.8 Å². The maximum Gasteiger partial charge on any atom is 0.264 e. The summed E-state index contributed by atoms with van der Waals surface area (Å²) in [6.07, 6.45) is 0.165. The molecule has 0 aromatic heterocycles. The van der Waals surface area contributed by atoms with E-state index in [2.05, 4.69) is 5.32 Å². The van der Waals surface area contributed by atoms with E-state index in [0.717, 1.165) is 9.87 Å². The first-order valence-corrected chi connectivity index (χ1v) is 16.1. The standard InChI is InChI=1S/C34H35ClFN3O5S/c1-24(2)37-34(41)32(21-25-7-5-4-6-8-25)38(22-26-9-13-28(36)14-10-26)33(40)23-39(29-15-11-27(35)12-16-29)45(42,43)31-19-17-30(44-3)18-20-31/h4-20,24,32H,21-23H2,1-3H3,(H,37,41). The summed E-state index contributed by atoms with van der Waals surface area (Å²) in [7, 11) is -2.81. The van der Waals surface area contributed by atoms with Gasteiger partial charge in [-0.15, -0.1) is 0 Å². The van der Waals surface area contributed by atoms with Crippen LogP contribution in [0.25, 0.3) is 0 Å². The van der Waals surface area contributed by atoms with Gasteiger partial charge in [-0.2, -0.15) is 0 Å². The van der Waals surface area contributed by atoms with Gasteiger partial charge in [0.05, 0.1) is 17.7 Å². The van der Waals surface area contributed by atoms with E-state index in [1.165, 1.54) is 84.8 Å². The van der Waals surface area contributed by atoms with Crippen molar-refractivity contribution in [1.82, 2.24) is 10.2 Å². The first kappa shape index (κ1) is 33.5. The summed E-state index contributed by atoms with van der Waals surface area (Å²) < 4.78 is 48.1. The third-order valence-corrected chi connectivity index (χ3v) is 9.05. The Bertz CT molecular complexity index is 1690. The summed E-state index contributed by atoms with van der Waals surface area (Å²) in [6, 6.07) is 25.5. The van der Waals surface area contributed by atoms with Crippen LogP contribution in [-0.4, -0.2) is 50.9 Å². The number of nitrogens with one attached hydrogen (secondary N) is 1. The first-order chi connectivity index (χ1) is 21.5. The number of amides is 2. The van der Waals surface area contributed by atoms with Crippen LogP contribution < -0.4 is 14.4 Å². The highest BCUT2D eigenvalue weighted by molar-refractivity contribution is 7.92. The Hall–Kier alpha value is -4.41. The fourth-order valence-electron chi connectivity index (χ4n) is 4.73. The number of benzene rings is 4. The van der Waals surface area contributed by atoms with Gasteiger partial charge in [0, 0.05) is 24.0 Å². The Morgan fingerprint density at radius 2 is 1.49 bits per heavy atom. The molecule has 4 aromatic carbocycles. The Balaban J connectivity index is 1.79. The van der Waals surface area contributed by atoms with Crippen molar-refractivity contribution in [3.8, 4) is 5.75 Å². The molecule has 1 unspecified atom stereocenters. The van der Waals surface area contributed by atoms with Crippen LogP contribution in [0.4, 0.5) is 10.1 Å². The highest BCUT2D eigenvalue weighted by Gasteiger charge is 2.35. The van der Waals surface area contributed by atoms with Gasteiger partial charge in [0.25, 0.3) is 10.0 Å². The number of hydrogen-bond acceptors (Lipinski definition) is 5. The number of nitrogens with zero attached hydrogens (tertiary/aromatic N) is 2. The fourth-order valence-corrected chi connectivity index (χ4v) is 6.27. The molecular weight excluding hydrogens is 617 g/mol. The van der Waals surface area contributed by atoms with Gasteiger partial charge in [-0.25, -0.2) is 12.8 Å². The summed E-state index contributed by atoms with van der Waals surface area (Å²) in [5, 5.41) is 3.29. The number of halogens is 2. The molecule has 11 heteroatoms. The van der Waals surface area contributed by atoms with Crippen LogP contribution in [0.1, 0.15) is 25.0 Å². The second kappa shape index (κ2) is 15.0. The lowest BCUT2D eigenvalue weighted by Crippen LogP contribution is -2.54. The number of carbonyl (C=O) groups is 2. The van der Waals surface area contributed by atoms with E-state index < -0.39 is 40.2 Å². The molecule has 0 saturated heterocycles. The molecule has 2 amide bonds. The minimum Gasteiger partial charge on any atom is -0.497 e. The van der Waals surface area contributed by atoms with Crippen molar-refractivity contribution in [1.29, 1.82) is 0 Å². The molecule has 1 N–H and O–H groups in total. The predicted molar refractivity (Wildman–Crippen MR) is 173 cm³/mol. The highest BCUT2D eigenvalue weighted by atomic mass is 35.5. The van der Waals surface area contributed by atoms with Crippen molar-refractivity contribution in [3.63, 3.8) is 0 Å². The largest absolute Gasteiger partial charge is 0.497 e. The molecule has 0 aliphatic carbocycles. The molecule has 0 spiro atoms. The minimum absolute atomic E-state index is 0.0606. The Kier molecular flexibility index (Phi) is 11.2. The highest BCUT2D eigenvalue weighted by Crippen LogP contribution is 2.27. The predicted octanol–water partition coefficient (Wildman–Crippen LogP) is 5.85. The van der Waals surface area contributed by atoms with E-state index in [4.69, 9.17) is 16.3 Å². The van der Waals surface area contributed by atoms with E-state index in [9.17, 15) is 22.4 Å². The summed E-state index contributed by atoms with van der Waals surface area (Å²) in [4.78, 5) is 29.4. The number of carbonyl (C=O) groups excluding carboxylic acids is 2. The molecule has 8 nitrogen and oxygen atoms in total. The van der Waals surface area contributed by atoms with Gasteiger partial charge in [0.15, 0.2) is 0 Å². The van der Waals surface area contributed by atoms with Gasteiger partial charge in [-0.3, -0.25) is 13.9 Å². The monoisotopic (exact) mass is 651 g/mol. The van der Waals surface area contributed by atoms with E-state index in [1.807, 2.05) is 44.2 Å². The fraction of sp³-hybridized carbons (Fsp3) is 0.235. The molecule has 4 rings (SSSR count). The van der Waals surface area contributed by atoms with Crippen molar-refractivity contribution in [2.24, 2.45) is 0 Å². The molecule has 1 atom stereocenters. The van der Waals surface area contributed by atoms with E-state index in [1.54, 1.807) is 0 Å². The van der Waals surface area contributed by atoms with Crippen molar-refractivity contribution < 1.29 is 27.1 Å².